The number of amides is 1. The summed E-state index contributed by atoms with van der Waals surface area (Å²) in [6.07, 6.45) is 0. The van der Waals surface area contributed by atoms with Gasteiger partial charge in [0.2, 0.25) is 0 Å². The van der Waals surface area contributed by atoms with Crippen molar-refractivity contribution in [2.45, 2.75) is 20.1 Å². The number of rotatable bonds is 5. The fraction of sp³-hybridized carbons (Fsp3) is 0.286. The molecule has 2 rings (SSSR count). The van der Waals surface area contributed by atoms with Gasteiger partial charge < -0.3 is 15.2 Å². The number of carbonyl (C=O) groups is 1. The van der Waals surface area contributed by atoms with Crippen molar-refractivity contribution in [1.29, 1.82) is 0 Å². The van der Waals surface area contributed by atoms with Crippen LogP contribution in [0.2, 0.25) is 0 Å². The minimum atomic E-state index is -0.197. The van der Waals surface area contributed by atoms with E-state index in [1.54, 1.807) is 38.3 Å². The average Bonchev–Trinajstić information content (AvgIpc) is 2.80. The number of aliphatic hydroxyl groups is 1. The Balaban J connectivity index is 2.15. The molecule has 0 aliphatic rings. The van der Waals surface area contributed by atoms with Crippen molar-refractivity contribution in [3.8, 4) is 0 Å². The zero-order valence-corrected chi connectivity index (χ0v) is 12.2. The van der Waals surface area contributed by atoms with Crippen LogP contribution in [0, 0.1) is 6.92 Å². The number of carbonyl (C=O) groups excluding carboxylic acids is 1. The molecule has 1 aromatic carbocycles. The maximum Gasteiger partial charge on any atom is 0.267 e. The summed E-state index contributed by atoms with van der Waals surface area (Å²) in [4.78, 5) is 17.1. The lowest BCUT2D eigenvalue weighted by atomic mass is 10.2. The Morgan fingerprint density at radius 3 is 3.00 bits per heavy atom. The molecular weight excluding hydrogens is 276 g/mol. The second-order valence-electron chi connectivity index (χ2n) is 4.27. The Bertz CT molecular complexity index is 610. The summed E-state index contributed by atoms with van der Waals surface area (Å²) in [6.45, 7) is 2.15. The molecule has 0 unspecified atom stereocenters. The lowest BCUT2D eigenvalue weighted by Crippen LogP contribution is -2.11. The number of nitrogens with zero attached hydrogens (tertiary/aromatic N) is 1. The highest BCUT2D eigenvalue weighted by molar-refractivity contribution is 7.13. The summed E-state index contributed by atoms with van der Waals surface area (Å²) in [5.41, 5.74) is 2.10. The van der Waals surface area contributed by atoms with Crippen LogP contribution in [0.1, 0.15) is 25.9 Å². The van der Waals surface area contributed by atoms with Crippen LogP contribution in [0.3, 0.4) is 0 Å². The summed E-state index contributed by atoms with van der Waals surface area (Å²) in [7, 11) is 1.59. The first-order valence-electron chi connectivity index (χ1n) is 6.10. The maximum atomic E-state index is 12.2. The molecule has 0 fully saturated rings. The second kappa shape index (κ2) is 6.60. The topological polar surface area (TPSA) is 71.5 Å². The van der Waals surface area contributed by atoms with Crippen LogP contribution >= 0.6 is 11.3 Å². The molecule has 0 aliphatic heterocycles. The van der Waals surface area contributed by atoms with Gasteiger partial charge in [-0.3, -0.25) is 4.79 Å². The highest BCUT2D eigenvalue weighted by Gasteiger charge is 2.15. The van der Waals surface area contributed by atoms with Crippen LogP contribution < -0.4 is 5.32 Å². The van der Waals surface area contributed by atoms with Crippen LogP contribution in [0.25, 0.3) is 0 Å². The molecule has 0 saturated heterocycles. The average molecular weight is 292 g/mol. The molecular formula is C14H16N2O3S. The highest BCUT2D eigenvalue weighted by Crippen LogP contribution is 2.20. The SMILES string of the molecule is COCc1nc(C)c(C(=O)Nc2cccc(CO)c2)s1. The van der Waals surface area contributed by atoms with Gasteiger partial charge in [0.05, 0.1) is 18.9 Å². The number of thiazole rings is 1. The number of hydrogen-bond acceptors (Lipinski definition) is 5. The zero-order valence-electron chi connectivity index (χ0n) is 11.3. The van der Waals surface area contributed by atoms with E-state index in [9.17, 15) is 4.79 Å². The molecule has 106 valence electrons. The molecule has 2 aromatic rings. The summed E-state index contributed by atoms with van der Waals surface area (Å²) in [6, 6.07) is 7.11. The van der Waals surface area contributed by atoms with Crippen LogP contribution in [0.4, 0.5) is 5.69 Å². The number of benzene rings is 1. The van der Waals surface area contributed by atoms with Gasteiger partial charge in [0.25, 0.3) is 5.91 Å². The van der Waals surface area contributed by atoms with Crippen molar-refractivity contribution >= 4 is 22.9 Å². The van der Waals surface area contributed by atoms with E-state index in [4.69, 9.17) is 9.84 Å². The molecule has 0 radical (unpaired) electrons. The Kier molecular flexibility index (Phi) is 4.84. The molecule has 6 heteroatoms. The predicted molar refractivity (Wildman–Crippen MR) is 77.9 cm³/mol. The Morgan fingerprint density at radius 2 is 2.30 bits per heavy atom. The second-order valence-corrected chi connectivity index (χ2v) is 5.35. The van der Waals surface area contributed by atoms with Crippen molar-refractivity contribution in [1.82, 2.24) is 4.98 Å². The van der Waals surface area contributed by atoms with Crippen molar-refractivity contribution in [3.05, 3.63) is 45.4 Å². The first-order chi connectivity index (χ1) is 9.63. The first kappa shape index (κ1) is 14.6. The Morgan fingerprint density at radius 1 is 1.50 bits per heavy atom. The van der Waals surface area contributed by atoms with Crippen LogP contribution in [0.15, 0.2) is 24.3 Å². The number of aromatic nitrogens is 1. The van der Waals surface area contributed by atoms with E-state index in [1.807, 2.05) is 0 Å². The highest BCUT2D eigenvalue weighted by atomic mass is 32.1. The lowest BCUT2D eigenvalue weighted by Gasteiger charge is -2.05. The number of methoxy groups -OCH3 is 1. The molecule has 0 bridgehead atoms. The van der Waals surface area contributed by atoms with E-state index in [-0.39, 0.29) is 12.5 Å². The van der Waals surface area contributed by atoms with Gasteiger partial charge in [-0.2, -0.15) is 0 Å². The van der Waals surface area contributed by atoms with Crippen LogP contribution in [-0.4, -0.2) is 23.1 Å². The first-order valence-corrected chi connectivity index (χ1v) is 6.92. The molecule has 1 heterocycles. The zero-order chi connectivity index (χ0) is 14.5. The van der Waals surface area contributed by atoms with Gasteiger partial charge in [0.15, 0.2) is 0 Å². The minimum absolute atomic E-state index is 0.0543. The Labute approximate surface area is 121 Å². The summed E-state index contributed by atoms with van der Waals surface area (Å²) in [5, 5.41) is 12.7. The largest absolute Gasteiger partial charge is 0.392 e. The minimum Gasteiger partial charge on any atom is -0.392 e. The van der Waals surface area contributed by atoms with E-state index in [2.05, 4.69) is 10.3 Å². The van der Waals surface area contributed by atoms with Crippen LogP contribution in [-0.2, 0) is 18.0 Å². The molecule has 0 aliphatic carbocycles. The third kappa shape index (κ3) is 3.41. The number of anilines is 1. The molecule has 20 heavy (non-hydrogen) atoms. The Hall–Kier alpha value is -1.76. The predicted octanol–water partition coefficient (Wildman–Crippen LogP) is 2.34. The van der Waals surface area contributed by atoms with Crippen molar-refractivity contribution < 1.29 is 14.6 Å². The normalized spacial score (nSPS) is 10.6. The molecule has 1 aromatic heterocycles. The number of hydrogen-bond donors (Lipinski definition) is 2. The van der Waals surface area contributed by atoms with E-state index in [0.29, 0.717) is 22.9 Å². The molecule has 0 spiro atoms. The number of aliphatic hydroxyl groups excluding tert-OH is 1. The molecule has 5 nitrogen and oxygen atoms in total. The third-order valence-electron chi connectivity index (χ3n) is 2.68. The van der Waals surface area contributed by atoms with Crippen LogP contribution in [0.5, 0.6) is 0 Å². The number of ether oxygens (including phenoxy) is 1. The smallest absolute Gasteiger partial charge is 0.267 e. The molecule has 2 N–H and O–H groups in total. The van der Waals surface area contributed by atoms with E-state index < -0.39 is 0 Å². The van der Waals surface area contributed by atoms with E-state index in [1.165, 1.54) is 11.3 Å². The van der Waals surface area contributed by atoms with Gasteiger partial charge in [0.1, 0.15) is 9.88 Å². The quantitative estimate of drug-likeness (QED) is 0.887. The summed E-state index contributed by atoms with van der Waals surface area (Å²) >= 11 is 1.32. The van der Waals surface area contributed by atoms with Gasteiger partial charge >= 0.3 is 0 Å². The van der Waals surface area contributed by atoms with Gasteiger partial charge in [-0.15, -0.1) is 11.3 Å². The number of aryl methyl sites for hydroxylation is 1. The summed E-state index contributed by atoms with van der Waals surface area (Å²) in [5.74, 6) is -0.197. The molecule has 0 atom stereocenters. The fourth-order valence-electron chi connectivity index (χ4n) is 1.78. The third-order valence-corrected chi connectivity index (χ3v) is 3.81. The van der Waals surface area contributed by atoms with Gasteiger partial charge in [0, 0.05) is 12.8 Å². The van der Waals surface area contributed by atoms with Crippen molar-refractivity contribution in [3.63, 3.8) is 0 Å². The fourth-order valence-corrected chi connectivity index (χ4v) is 2.72. The van der Waals surface area contributed by atoms with Crippen molar-refractivity contribution in [2.24, 2.45) is 0 Å². The van der Waals surface area contributed by atoms with Gasteiger partial charge in [-0.25, -0.2) is 4.98 Å². The molecule has 0 saturated carbocycles. The van der Waals surface area contributed by atoms with Crippen molar-refractivity contribution in [2.75, 3.05) is 12.4 Å². The van der Waals surface area contributed by atoms with E-state index >= 15 is 0 Å². The molecule has 1 amide bonds. The van der Waals surface area contributed by atoms with Gasteiger partial charge in [-0.1, -0.05) is 12.1 Å². The summed E-state index contributed by atoms with van der Waals surface area (Å²) < 4.78 is 5.01. The van der Waals surface area contributed by atoms with Gasteiger partial charge in [-0.05, 0) is 24.6 Å². The lowest BCUT2D eigenvalue weighted by molar-refractivity contribution is 0.103. The number of nitrogens with one attached hydrogen (secondary N) is 1. The standard InChI is InChI=1S/C14H16N2O3S/c1-9-13(20-12(15-9)8-19-2)14(18)16-11-5-3-4-10(6-11)7-17/h3-6,17H,7-8H2,1-2H3,(H,16,18). The van der Waals surface area contributed by atoms with E-state index in [0.717, 1.165) is 10.6 Å². The monoisotopic (exact) mass is 292 g/mol. The maximum absolute atomic E-state index is 12.2.